The van der Waals surface area contributed by atoms with Crippen molar-refractivity contribution in [3.8, 4) is 5.88 Å². The third-order valence-electron chi connectivity index (χ3n) is 3.36. The molecule has 1 aliphatic carbocycles. The van der Waals surface area contributed by atoms with Crippen LogP contribution in [0.15, 0.2) is 24.5 Å². The van der Waals surface area contributed by atoms with Crippen molar-refractivity contribution in [1.82, 2.24) is 9.97 Å². The molecule has 2 atom stereocenters. The van der Waals surface area contributed by atoms with Crippen LogP contribution in [-0.4, -0.2) is 23.1 Å². The van der Waals surface area contributed by atoms with Crippen molar-refractivity contribution in [3.05, 3.63) is 24.5 Å². The number of nitrogens with zero attached hydrogens (tertiary/aromatic N) is 2. The molecule has 0 aliphatic heterocycles. The van der Waals surface area contributed by atoms with Gasteiger partial charge in [0.2, 0.25) is 5.88 Å². The van der Waals surface area contributed by atoms with E-state index in [1.165, 1.54) is 6.33 Å². The molecular formula is C14H21N3O. The van der Waals surface area contributed by atoms with E-state index in [-0.39, 0.29) is 0 Å². The Bertz CT molecular complexity index is 406. The molecule has 2 unspecified atom stereocenters. The number of anilines is 1. The molecule has 0 amide bonds. The number of hydrogen-bond acceptors (Lipinski definition) is 4. The van der Waals surface area contributed by atoms with E-state index in [1.54, 1.807) is 0 Å². The summed E-state index contributed by atoms with van der Waals surface area (Å²) in [5.74, 6) is 2.75. The van der Waals surface area contributed by atoms with Gasteiger partial charge < -0.3 is 10.1 Å². The lowest BCUT2D eigenvalue weighted by atomic mass is 9.85. The summed E-state index contributed by atoms with van der Waals surface area (Å²) in [4.78, 5) is 8.27. The van der Waals surface area contributed by atoms with Gasteiger partial charge in [-0.2, -0.15) is 0 Å². The molecule has 1 aliphatic rings. The van der Waals surface area contributed by atoms with Crippen LogP contribution < -0.4 is 10.1 Å². The highest BCUT2D eigenvalue weighted by Crippen LogP contribution is 2.25. The number of aromatic nitrogens is 2. The predicted octanol–water partition coefficient (Wildman–Crippen LogP) is 2.89. The first-order valence-electron chi connectivity index (χ1n) is 6.63. The van der Waals surface area contributed by atoms with Gasteiger partial charge >= 0.3 is 0 Å². The second kappa shape index (κ2) is 6.38. The van der Waals surface area contributed by atoms with Crippen LogP contribution >= 0.6 is 0 Å². The summed E-state index contributed by atoms with van der Waals surface area (Å²) >= 11 is 0. The summed E-state index contributed by atoms with van der Waals surface area (Å²) in [5, 5.41) is 3.15. The van der Waals surface area contributed by atoms with Crippen molar-refractivity contribution in [2.24, 2.45) is 11.8 Å². The fourth-order valence-corrected chi connectivity index (χ4v) is 2.13. The minimum atomic E-state index is 0.590. The summed E-state index contributed by atoms with van der Waals surface area (Å²) < 4.78 is 5.78. The van der Waals surface area contributed by atoms with Gasteiger partial charge in [0, 0.05) is 12.6 Å². The normalized spacial score (nSPS) is 22.8. The van der Waals surface area contributed by atoms with E-state index in [2.05, 4.69) is 34.4 Å². The molecule has 4 heteroatoms. The Kier molecular flexibility index (Phi) is 4.56. The average molecular weight is 247 g/mol. The Labute approximate surface area is 108 Å². The van der Waals surface area contributed by atoms with Crippen LogP contribution in [0.1, 0.15) is 26.7 Å². The van der Waals surface area contributed by atoms with Gasteiger partial charge in [0.1, 0.15) is 12.1 Å². The SMILES string of the molecule is CCNc1cc(OCC2CC=CCC2C)ncn1. The van der Waals surface area contributed by atoms with Crippen molar-refractivity contribution in [2.45, 2.75) is 26.7 Å². The minimum absolute atomic E-state index is 0.590. The highest BCUT2D eigenvalue weighted by molar-refractivity contribution is 5.36. The summed E-state index contributed by atoms with van der Waals surface area (Å²) in [6, 6.07) is 1.85. The third-order valence-corrected chi connectivity index (χ3v) is 3.36. The molecule has 0 aromatic carbocycles. The van der Waals surface area contributed by atoms with Crippen LogP contribution in [0, 0.1) is 11.8 Å². The van der Waals surface area contributed by atoms with Crippen molar-refractivity contribution in [1.29, 1.82) is 0 Å². The summed E-state index contributed by atoms with van der Waals surface area (Å²) in [6.07, 6.45) is 8.30. The van der Waals surface area contributed by atoms with E-state index < -0.39 is 0 Å². The standard InChI is InChI=1S/C14H21N3O/c1-3-15-13-8-14(17-10-16-13)18-9-12-7-5-4-6-11(12)2/h4-5,8,10-12H,3,6-7,9H2,1-2H3,(H,15,16,17). The molecule has 2 rings (SSSR count). The van der Waals surface area contributed by atoms with Crippen LogP contribution in [-0.2, 0) is 0 Å². The second-order valence-corrected chi connectivity index (χ2v) is 4.76. The van der Waals surface area contributed by atoms with E-state index in [4.69, 9.17) is 4.74 Å². The first-order valence-corrected chi connectivity index (χ1v) is 6.63. The first kappa shape index (κ1) is 12.9. The van der Waals surface area contributed by atoms with Crippen LogP contribution in [0.3, 0.4) is 0 Å². The second-order valence-electron chi connectivity index (χ2n) is 4.76. The summed E-state index contributed by atoms with van der Waals surface area (Å²) in [7, 11) is 0. The fourth-order valence-electron chi connectivity index (χ4n) is 2.13. The Hall–Kier alpha value is -1.58. The molecular weight excluding hydrogens is 226 g/mol. The first-order chi connectivity index (χ1) is 8.79. The molecule has 1 aromatic rings. The summed E-state index contributed by atoms with van der Waals surface area (Å²) in [6.45, 7) is 5.90. The molecule has 0 fully saturated rings. The average Bonchev–Trinajstić information content (AvgIpc) is 2.39. The van der Waals surface area contributed by atoms with Gasteiger partial charge in [0.15, 0.2) is 0 Å². The number of hydrogen-bond donors (Lipinski definition) is 1. The van der Waals surface area contributed by atoms with Crippen LogP contribution in [0.2, 0.25) is 0 Å². The molecule has 1 N–H and O–H groups in total. The van der Waals surface area contributed by atoms with Gasteiger partial charge in [-0.1, -0.05) is 19.1 Å². The van der Waals surface area contributed by atoms with Gasteiger partial charge in [0.25, 0.3) is 0 Å². The Morgan fingerprint density at radius 1 is 1.33 bits per heavy atom. The van der Waals surface area contributed by atoms with Crippen molar-refractivity contribution < 1.29 is 4.74 Å². The smallest absolute Gasteiger partial charge is 0.218 e. The van der Waals surface area contributed by atoms with E-state index in [0.717, 1.165) is 31.8 Å². The summed E-state index contributed by atoms with van der Waals surface area (Å²) in [5.41, 5.74) is 0. The van der Waals surface area contributed by atoms with E-state index in [0.29, 0.717) is 17.7 Å². The maximum atomic E-state index is 5.78. The molecule has 98 valence electrons. The molecule has 0 spiro atoms. The third kappa shape index (κ3) is 3.45. The fraction of sp³-hybridized carbons (Fsp3) is 0.571. The van der Waals surface area contributed by atoms with Gasteiger partial charge in [-0.25, -0.2) is 9.97 Å². The maximum Gasteiger partial charge on any atom is 0.218 e. The quantitative estimate of drug-likeness (QED) is 0.813. The molecule has 0 saturated carbocycles. The van der Waals surface area contributed by atoms with Gasteiger partial charge in [-0.05, 0) is 31.6 Å². The lowest BCUT2D eigenvalue weighted by Crippen LogP contribution is -2.21. The molecule has 0 saturated heterocycles. The zero-order valence-electron chi connectivity index (χ0n) is 11.1. The lowest BCUT2D eigenvalue weighted by molar-refractivity contribution is 0.192. The van der Waals surface area contributed by atoms with E-state index in [1.807, 2.05) is 13.0 Å². The van der Waals surface area contributed by atoms with Crippen LogP contribution in [0.4, 0.5) is 5.82 Å². The Balaban J connectivity index is 1.89. The molecule has 1 heterocycles. The van der Waals surface area contributed by atoms with Crippen LogP contribution in [0.5, 0.6) is 5.88 Å². The van der Waals surface area contributed by atoms with E-state index >= 15 is 0 Å². The number of allylic oxidation sites excluding steroid dienone is 2. The molecule has 0 bridgehead atoms. The number of nitrogens with one attached hydrogen (secondary N) is 1. The predicted molar refractivity (Wildman–Crippen MR) is 72.7 cm³/mol. The maximum absolute atomic E-state index is 5.78. The van der Waals surface area contributed by atoms with Crippen LogP contribution in [0.25, 0.3) is 0 Å². The number of rotatable bonds is 5. The molecule has 18 heavy (non-hydrogen) atoms. The largest absolute Gasteiger partial charge is 0.477 e. The molecule has 1 aromatic heterocycles. The Morgan fingerprint density at radius 2 is 2.17 bits per heavy atom. The zero-order valence-corrected chi connectivity index (χ0v) is 11.1. The highest BCUT2D eigenvalue weighted by atomic mass is 16.5. The van der Waals surface area contributed by atoms with Crippen molar-refractivity contribution >= 4 is 5.82 Å². The van der Waals surface area contributed by atoms with Gasteiger partial charge in [-0.3, -0.25) is 0 Å². The van der Waals surface area contributed by atoms with E-state index in [9.17, 15) is 0 Å². The molecule has 4 nitrogen and oxygen atoms in total. The van der Waals surface area contributed by atoms with Crippen molar-refractivity contribution in [2.75, 3.05) is 18.5 Å². The number of ether oxygens (including phenoxy) is 1. The Morgan fingerprint density at radius 3 is 2.94 bits per heavy atom. The minimum Gasteiger partial charge on any atom is -0.477 e. The molecule has 0 radical (unpaired) electrons. The zero-order chi connectivity index (χ0) is 12.8. The lowest BCUT2D eigenvalue weighted by Gasteiger charge is -2.24. The highest BCUT2D eigenvalue weighted by Gasteiger charge is 2.19. The topological polar surface area (TPSA) is 47.0 Å². The monoisotopic (exact) mass is 247 g/mol. The van der Waals surface area contributed by atoms with Gasteiger partial charge in [0.05, 0.1) is 6.61 Å². The van der Waals surface area contributed by atoms with Gasteiger partial charge in [-0.15, -0.1) is 0 Å². The van der Waals surface area contributed by atoms with Crippen molar-refractivity contribution in [3.63, 3.8) is 0 Å².